The molecule has 2 aromatic rings. The molecule has 0 spiro atoms. The van der Waals surface area contributed by atoms with Gasteiger partial charge in [0, 0.05) is 31.4 Å². The first-order valence-corrected chi connectivity index (χ1v) is 8.96. The highest BCUT2D eigenvalue weighted by Gasteiger charge is 2.17. The molecule has 0 saturated carbocycles. The lowest BCUT2D eigenvalue weighted by Gasteiger charge is -2.31. The quantitative estimate of drug-likeness (QED) is 0.658. The summed E-state index contributed by atoms with van der Waals surface area (Å²) in [4.78, 5) is 11.0. The van der Waals surface area contributed by atoms with Crippen molar-refractivity contribution in [1.82, 2.24) is 9.88 Å². The molecule has 2 heterocycles. The van der Waals surface area contributed by atoms with Crippen LogP contribution in [-0.4, -0.2) is 36.0 Å². The topological polar surface area (TPSA) is 73.0 Å². The van der Waals surface area contributed by atoms with E-state index in [0.717, 1.165) is 24.4 Å². The van der Waals surface area contributed by atoms with Gasteiger partial charge in [0.05, 0.1) is 13.7 Å². The number of rotatable bonds is 5. The minimum Gasteiger partial charge on any atom is -0.497 e. The number of methoxy groups -OCH3 is 1. The van der Waals surface area contributed by atoms with Crippen molar-refractivity contribution < 1.29 is 9.47 Å². The van der Waals surface area contributed by atoms with Gasteiger partial charge in [-0.15, -0.1) is 0 Å². The Kier molecular flexibility index (Phi) is 5.94. The first-order chi connectivity index (χ1) is 12.6. The van der Waals surface area contributed by atoms with Crippen molar-refractivity contribution in [2.45, 2.75) is 26.3 Å². The van der Waals surface area contributed by atoms with Crippen LogP contribution in [0.15, 0.2) is 47.6 Å². The predicted octanol–water partition coefficient (Wildman–Crippen LogP) is 3.43. The second-order valence-corrected chi connectivity index (χ2v) is 6.65. The van der Waals surface area contributed by atoms with Gasteiger partial charge in [0.25, 0.3) is 0 Å². The van der Waals surface area contributed by atoms with Crippen LogP contribution in [0.3, 0.4) is 0 Å². The van der Waals surface area contributed by atoms with Crippen molar-refractivity contribution in [2.75, 3.05) is 20.2 Å². The summed E-state index contributed by atoms with van der Waals surface area (Å²) in [5, 5.41) is 0. The minimum atomic E-state index is 0.517. The normalized spacial score (nSPS) is 17.8. The molecule has 1 saturated heterocycles. The Morgan fingerprint density at radius 2 is 2.15 bits per heavy atom. The number of likely N-dealkylation sites (tertiary alicyclic amines) is 1. The average Bonchev–Trinajstić information content (AvgIpc) is 2.67. The van der Waals surface area contributed by atoms with E-state index in [1.54, 1.807) is 13.3 Å². The van der Waals surface area contributed by atoms with Crippen LogP contribution in [-0.2, 0) is 6.54 Å². The molecule has 0 amide bonds. The maximum Gasteiger partial charge on any atom is 0.219 e. The molecule has 26 heavy (non-hydrogen) atoms. The summed E-state index contributed by atoms with van der Waals surface area (Å²) >= 11 is 0. The third kappa shape index (κ3) is 4.88. The molecule has 0 radical (unpaired) electrons. The van der Waals surface area contributed by atoms with Crippen LogP contribution in [0.1, 0.15) is 25.3 Å². The summed E-state index contributed by atoms with van der Waals surface area (Å²) in [6.45, 7) is 4.75. The largest absolute Gasteiger partial charge is 0.497 e. The molecular formula is C20H26N4O2. The molecule has 2 N–H and O–H groups in total. The summed E-state index contributed by atoms with van der Waals surface area (Å²) in [5.41, 5.74) is 7.13. The zero-order valence-corrected chi connectivity index (χ0v) is 15.4. The number of ether oxygens (including phenoxy) is 2. The number of nitrogens with zero attached hydrogens (tertiary/aromatic N) is 3. The number of hydrogen-bond donors (Lipinski definition) is 1. The van der Waals surface area contributed by atoms with Crippen molar-refractivity contribution in [3.05, 3.63) is 48.2 Å². The van der Waals surface area contributed by atoms with Gasteiger partial charge in [-0.1, -0.05) is 19.1 Å². The van der Waals surface area contributed by atoms with Gasteiger partial charge in [0.15, 0.2) is 5.96 Å². The number of aromatic nitrogens is 1. The third-order valence-corrected chi connectivity index (χ3v) is 4.47. The van der Waals surface area contributed by atoms with Crippen molar-refractivity contribution in [1.29, 1.82) is 0 Å². The Bertz CT molecular complexity index is 746. The zero-order valence-electron chi connectivity index (χ0n) is 15.4. The molecule has 1 unspecified atom stereocenters. The maximum atomic E-state index is 6.14. The summed E-state index contributed by atoms with van der Waals surface area (Å²) in [5.74, 6) is 3.26. The third-order valence-electron chi connectivity index (χ3n) is 4.47. The fourth-order valence-corrected chi connectivity index (χ4v) is 3.02. The first kappa shape index (κ1) is 18.0. The van der Waals surface area contributed by atoms with Crippen molar-refractivity contribution in [2.24, 2.45) is 16.6 Å². The van der Waals surface area contributed by atoms with Gasteiger partial charge in [0.2, 0.25) is 5.88 Å². The molecule has 0 aliphatic carbocycles. The second-order valence-electron chi connectivity index (χ2n) is 6.65. The van der Waals surface area contributed by atoms with E-state index < -0.39 is 0 Å². The van der Waals surface area contributed by atoms with Gasteiger partial charge in [0.1, 0.15) is 11.5 Å². The summed E-state index contributed by atoms with van der Waals surface area (Å²) in [6, 6.07) is 11.2. The Morgan fingerprint density at radius 1 is 1.31 bits per heavy atom. The lowest BCUT2D eigenvalue weighted by Crippen LogP contribution is -2.43. The number of benzene rings is 1. The summed E-state index contributed by atoms with van der Waals surface area (Å²) in [7, 11) is 1.63. The van der Waals surface area contributed by atoms with E-state index in [2.05, 4.69) is 21.8 Å². The standard InChI is InChI=1S/C20H26N4O2/c1-15-5-4-10-24(14-15)20(21)23-13-16-8-9-19(22-12-16)26-18-7-3-6-17(11-18)25-2/h3,6-9,11-12,15H,4-5,10,13-14H2,1-2H3,(H2,21,23). The van der Waals surface area contributed by atoms with Gasteiger partial charge in [-0.3, -0.25) is 0 Å². The van der Waals surface area contributed by atoms with E-state index in [0.29, 0.717) is 30.1 Å². The van der Waals surface area contributed by atoms with Gasteiger partial charge in [-0.25, -0.2) is 9.98 Å². The highest BCUT2D eigenvalue weighted by atomic mass is 16.5. The molecule has 1 atom stereocenters. The van der Waals surface area contributed by atoms with Crippen LogP contribution in [0.25, 0.3) is 0 Å². The van der Waals surface area contributed by atoms with Crippen molar-refractivity contribution >= 4 is 5.96 Å². The molecule has 138 valence electrons. The Morgan fingerprint density at radius 3 is 2.88 bits per heavy atom. The second kappa shape index (κ2) is 8.56. The predicted molar refractivity (Wildman–Crippen MR) is 103 cm³/mol. The number of pyridine rings is 1. The number of piperidine rings is 1. The Balaban J connectivity index is 1.58. The molecule has 3 rings (SSSR count). The van der Waals surface area contributed by atoms with E-state index >= 15 is 0 Å². The molecule has 6 nitrogen and oxygen atoms in total. The summed E-state index contributed by atoms with van der Waals surface area (Å²) < 4.78 is 10.9. The number of aliphatic imine (C=N–C) groups is 1. The maximum absolute atomic E-state index is 6.14. The Hall–Kier alpha value is -2.76. The molecule has 1 aromatic heterocycles. The van der Waals surface area contributed by atoms with Gasteiger partial charge >= 0.3 is 0 Å². The van der Waals surface area contributed by atoms with Crippen molar-refractivity contribution in [3.8, 4) is 17.4 Å². The monoisotopic (exact) mass is 354 g/mol. The smallest absolute Gasteiger partial charge is 0.219 e. The SMILES string of the molecule is COc1cccc(Oc2ccc(CN=C(N)N3CCCC(C)C3)cn2)c1. The van der Waals surface area contributed by atoms with E-state index in [9.17, 15) is 0 Å². The molecule has 1 aromatic carbocycles. The fraction of sp³-hybridized carbons (Fsp3) is 0.400. The fourth-order valence-electron chi connectivity index (χ4n) is 3.02. The minimum absolute atomic E-state index is 0.517. The van der Waals surface area contributed by atoms with Gasteiger partial charge < -0.3 is 20.1 Å². The number of nitrogens with two attached hydrogens (primary N) is 1. The van der Waals surface area contributed by atoms with E-state index in [-0.39, 0.29) is 0 Å². The number of hydrogen-bond acceptors (Lipinski definition) is 4. The van der Waals surface area contributed by atoms with Gasteiger partial charge in [-0.05, 0) is 36.5 Å². The molecule has 1 aliphatic heterocycles. The number of guanidine groups is 1. The van der Waals surface area contributed by atoms with Crippen LogP contribution in [0, 0.1) is 5.92 Å². The van der Waals surface area contributed by atoms with E-state index in [1.807, 2.05) is 36.4 Å². The molecule has 6 heteroatoms. The zero-order chi connectivity index (χ0) is 18.4. The van der Waals surface area contributed by atoms with Crippen LogP contribution in [0.4, 0.5) is 0 Å². The molecular weight excluding hydrogens is 328 g/mol. The molecule has 1 aliphatic rings. The van der Waals surface area contributed by atoms with Crippen molar-refractivity contribution in [3.63, 3.8) is 0 Å². The van der Waals surface area contributed by atoms with E-state index in [1.165, 1.54) is 12.8 Å². The molecule has 1 fully saturated rings. The van der Waals surface area contributed by atoms with Crippen LogP contribution in [0.2, 0.25) is 0 Å². The van der Waals surface area contributed by atoms with Crippen LogP contribution in [0.5, 0.6) is 17.4 Å². The van der Waals surface area contributed by atoms with Crippen LogP contribution >= 0.6 is 0 Å². The molecule has 0 bridgehead atoms. The lowest BCUT2D eigenvalue weighted by molar-refractivity contribution is 0.270. The highest BCUT2D eigenvalue weighted by Crippen LogP contribution is 2.24. The summed E-state index contributed by atoms with van der Waals surface area (Å²) in [6.07, 6.45) is 4.21. The average molecular weight is 354 g/mol. The van der Waals surface area contributed by atoms with Gasteiger partial charge in [-0.2, -0.15) is 0 Å². The van der Waals surface area contributed by atoms with Crippen LogP contribution < -0.4 is 15.2 Å². The highest BCUT2D eigenvalue weighted by molar-refractivity contribution is 5.78. The Labute approximate surface area is 154 Å². The first-order valence-electron chi connectivity index (χ1n) is 8.96. The van der Waals surface area contributed by atoms with E-state index in [4.69, 9.17) is 15.2 Å². The lowest BCUT2D eigenvalue weighted by atomic mass is 10.0.